The molecular weight excluding hydrogens is 441 g/mol. The Balaban J connectivity index is 2.37. The fraction of sp³-hybridized carbons (Fsp3) is 0.346. The van der Waals surface area contributed by atoms with Gasteiger partial charge in [-0.3, -0.25) is 0 Å². The Morgan fingerprint density at radius 3 is 2.14 bits per heavy atom. The Hall–Kier alpha value is -3.93. The molecule has 9 heteroatoms. The standard InChI is InChI=1S/C26H34BN5O3/c1-25(2,3)18-13-11-17(12-14-18)22(30)20-10-8-7-9-19(20)21(29)15-31-23(27-34-16-28)32-24(33)35-26(4,5)6/h7-14,31H,15,29-30H2,1-6H3,(H,32,33)/b21-19-,22-20-. The number of nitrogens with two attached hydrogens (primary N) is 2. The molecule has 1 amide bonds. The molecule has 2 rings (SSSR count). The van der Waals surface area contributed by atoms with Gasteiger partial charge in [-0.25, -0.2) is 0 Å². The van der Waals surface area contributed by atoms with Gasteiger partial charge in [0.15, 0.2) is 0 Å². The summed E-state index contributed by atoms with van der Waals surface area (Å²) in [7, 11) is 1.07. The second-order valence-electron chi connectivity index (χ2n) is 10.0. The summed E-state index contributed by atoms with van der Waals surface area (Å²) in [6.07, 6.45) is 0.827. The Bertz CT molecular complexity index is 1230. The van der Waals surface area contributed by atoms with Gasteiger partial charge < -0.3 is 0 Å². The number of rotatable bonds is 6. The van der Waals surface area contributed by atoms with E-state index in [1.165, 1.54) is 11.8 Å². The van der Waals surface area contributed by atoms with E-state index in [-0.39, 0.29) is 17.7 Å². The second-order valence-corrected chi connectivity index (χ2v) is 10.0. The summed E-state index contributed by atoms with van der Waals surface area (Å²) in [6.45, 7) is 11.9. The molecule has 0 bridgehead atoms. The summed E-state index contributed by atoms with van der Waals surface area (Å²) in [5.41, 5.74) is 15.6. The van der Waals surface area contributed by atoms with Crippen molar-refractivity contribution in [2.24, 2.45) is 11.5 Å². The molecule has 2 aromatic rings. The Morgan fingerprint density at radius 1 is 1.00 bits per heavy atom. The summed E-state index contributed by atoms with van der Waals surface area (Å²) in [5.74, 6) is 0. The fourth-order valence-corrected chi connectivity index (χ4v) is 3.20. The number of ether oxygens (including phenoxy) is 1. The minimum absolute atomic E-state index is 0.0445. The van der Waals surface area contributed by atoms with Gasteiger partial charge in [-0.15, -0.1) is 0 Å². The van der Waals surface area contributed by atoms with E-state index in [9.17, 15) is 4.79 Å². The van der Waals surface area contributed by atoms with Crippen LogP contribution >= 0.6 is 0 Å². The molecule has 0 atom stereocenters. The number of alkyl carbamates (subject to hydrolysis) is 1. The molecular formula is C26H34BN5O3. The van der Waals surface area contributed by atoms with Crippen LogP contribution in [0.3, 0.4) is 0 Å². The molecule has 0 aliphatic heterocycles. The summed E-state index contributed by atoms with van der Waals surface area (Å²) < 4.78 is 9.90. The van der Waals surface area contributed by atoms with Gasteiger partial charge in [-0.05, 0) is 0 Å². The van der Waals surface area contributed by atoms with Gasteiger partial charge in [0.05, 0.1) is 0 Å². The Kier molecular flexibility index (Phi) is 8.96. The number of carbonyl (C=O) groups is 1. The molecule has 184 valence electrons. The number of hydrogen-bond donors (Lipinski definition) is 4. The van der Waals surface area contributed by atoms with Crippen LogP contribution in [0.5, 0.6) is 0 Å². The molecule has 0 aliphatic rings. The van der Waals surface area contributed by atoms with Crippen LogP contribution in [0.4, 0.5) is 4.79 Å². The van der Waals surface area contributed by atoms with Crippen molar-refractivity contribution in [2.45, 2.75) is 52.6 Å². The summed E-state index contributed by atoms with van der Waals surface area (Å²) >= 11 is 0. The van der Waals surface area contributed by atoms with Gasteiger partial charge >= 0.3 is 187 Å². The summed E-state index contributed by atoms with van der Waals surface area (Å²) in [4.78, 5) is 12.1. The monoisotopic (exact) mass is 475 g/mol. The normalized spacial score (nSPS) is 13.6. The van der Waals surface area contributed by atoms with E-state index in [1.54, 1.807) is 20.8 Å². The van der Waals surface area contributed by atoms with Crippen molar-refractivity contribution in [1.29, 1.82) is 5.26 Å². The molecule has 0 fully saturated rings. The predicted octanol–water partition coefficient (Wildman–Crippen LogP) is 1.48. The number of nitrogens with one attached hydrogen (secondary N) is 2. The average Bonchev–Trinajstić information content (AvgIpc) is 2.78. The number of nitriles is 1. The van der Waals surface area contributed by atoms with Crippen LogP contribution in [0.1, 0.15) is 52.7 Å². The molecule has 35 heavy (non-hydrogen) atoms. The molecule has 8 nitrogen and oxygen atoms in total. The number of carbonyl (C=O) groups excluding carboxylic acids is 1. The van der Waals surface area contributed by atoms with Crippen molar-refractivity contribution >= 4 is 30.3 Å². The van der Waals surface area contributed by atoms with Gasteiger partial charge in [-0.1, -0.05) is 20.8 Å². The van der Waals surface area contributed by atoms with E-state index in [2.05, 4.69) is 48.2 Å². The molecule has 0 heterocycles. The third-order valence-electron chi connectivity index (χ3n) is 4.96. The minimum atomic E-state index is -0.701. The summed E-state index contributed by atoms with van der Waals surface area (Å²) in [6, 6.07) is 15.7. The van der Waals surface area contributed by atoms with E-state index in [1.807, 2.05) is 36.4 Å². The van der Waals surface area contributed by atoms with Crippen molar-refractivity contribution in [3.05, 3.63) is 70.1 Å². The van der Waals surface area contributed by atoms with Crippen LogP contribution in [-0.2, 0) is 14.8 Å². The maximum atomic E-state index is 12.1. The van der Waals surface area contributed by atoms with Gasteiger partial charge in [0.1, 0.15) is 0 Å². The number of hydrogen-bond acceptors (Lipinski definition) is 7. The van der Waals surface area contributed by atoms with Crippen LogP contribution in [0, 0.1) is 11.5 Å². The van der Waals surface area contributed by atoms with Crippen molar-refractivity contribution in [3.63, 3.8) is 0 Å². The van der Waals surface area contributed by atoms with Crippen molar-refractivity contribution < 1.29 is 14.2 Å². The molecule has 0 radical (unpaired) electrons. The van der Waals surface area contributed by atoms with Crippen LogP contribution < -0.4 is 32.5 Å². The second kappa shape index (κ2) is 11.5. The van der Waals surface area contributed by atoms with E-state index in [0.29, 0.717) is 11.4 Å². The topological polar surface area (TPSA) is 135 Å². The average molecular weight is 475 g/mol. The Morgan fingerprint density at radius 2 is 1.60 bits per heavy atom. The quantitative estimate of drug-likeness (QED) is 0.367. The zero-order valence-corrected chi connectivity index (χ0v) is 21.2. The molecule has 0 aromatic heterocycles. The zero-order valence-electron chi connectivity index (χ0n) is 21.2. The van der Waals surface area contributed by atoms with Gasteiger partial charge in [0, 0.05) is 0 Å². The fourth-order valence-electron chi connectivity index (χ4n) is 3.20. The van der Waals surface area contributed by atoms with Crippen molar-refractivity contribution in [1.82, 2.24) is 10.6 Å². The molecule has 0 saturated heterocycles. The Labute approximate surface area is 207 Å². The van der Waals surface area contributed by atoms with E-state index < -0.39 is 11.7 Å². The zero-order chi connectivity index (χ0) is 26.2. The van der Waals surface area contributed by atoms with Crippen LogP contribution in [0.2, 0.25) is 0 Å². The first kappa shape index (κ1) is 27.3. The third kappa shape index (κ3) is 8.42. The van der Waals surface area contributed by atoms with Crippen molar-refractivity contribution in [3.8, 4) is 6.26 Å². The molecule has 6 N–H and O–H groups in total. The van der Waals surface area contributed by atoms with E-state index in [0.717, 1.165) is 23.1 Å². The predicted molar refractivity (Wildman–Crippen MR) is 140 cm³/mol. The molecule has 0 unspecified atom stereocenters. The number of nitrogens with zero attached hydrogens (tertiary/aromatic N) is 1. The first-order chi connectivity index (χ1) is 16.3. The van der Waals surface area contributed by atoms with E-state index >= 15 is 0 Å². The molecule has 2 aromatic carbocycles. The SMILES string of the molecule is CC(C)(C)OC(=O)NC(=BOC#N)NC/C(N)=c1\cccc\c1=C(\N)c1ccc(C(C)(C)C)cc1. The molecule has 0 saturated carbocycles. The number of benzene rings is 2. The maximum absolute atomic E-state index is 12.1. The van der Waals surface area contributed by atoms with Crippen LogP contribution in [0.25, 0.3) is 11.4 Å². The number of amides is 1. The van der Waals surface area contributed by atoms with Gasteiger partial charge in [-0.2, -0.15) is 0 Å². The molecule has 0 spiro atoms. The van der Waals surface area contributed by atoms with Gasteiger partial charge in [0.2, 0.25) is 0 Å². The van der Waals surface area contributed by atoms with Gasteiger partial charge in [0.25, 0.3) is 0 Å². The summed E-state index contributed by atoms with van der Waals surface area (Å²) in [5, 5.41) is 15.7. The third-order valence-corrected chi connectivity index (χ3v) is 4.96. The van der Waals surface area contributed by atoms with Crippen LogP contribution in [0.15, 0.2) is 48.5 Å². The molecule has 0 aliphatic carbocycles. The first-order valence-electron chi connectivity index (χ1n) is 11.2. The van der Waals surface area contributed by atoms with Crippen LogP contribution in [-0.4, -0.2) is 31.1 Å². The van der Waals surface area contributed by atoms with Crippen molar-refractivity contribution in [2.75, 3.05) is 6.54 Å². The van der Waals surface area contributed by atoms with E-state index in [4.69, 9.17) is 21.5 Å². The first-order valence-corrected chi connectivity index (χ1v) is 11.2.